The highest BCUT2D eigenvalue weighted by Gasteiger charge is 2.34. The Morgan fingerprint density at radius 1 is 0.871 bits per heavy atom. The molecule has 1 aliphatic heterocycles. The van der Waals surface area contributed by atoms with Crippen molar-refractivity contribution in [3.8, 4) is 11.1 Å². The molecule has 1 atom stereocenters. The van der Waals surface area contributed by atoms with Crippen molar-refractivity contribution in [2.24, 2.45) is 0 Å². The van der Waals surface area contributed by atoms with Crippen molar-refractivity contribution in [2.75, 3.05) is 6.61 Å². The van der Waals surface area contributed by atoms with Crippen molar-refractivity contribution >= 4 is 12.1 Å². The molecule has 1 amide bonds. The number of nitrogens with zero attached hydrogens (tertiary/aromatic N) is 1. The molecule has 3 aromatic rings. The number of carboxylic acids is 1. The van der Waals surface area contributed by atoms with Gasteiger partial charge in [-0.25, -0.2) is 4.79 Å². The molecular weight excluding hydrogens is 390 g/mol. The fourth-order valence-electron chi connectivity index (χ4n) is 4.86. The number of rotatable bonds is 4. The van der Waals surface area contributed by atoms with Crippen molar-refractivity contribution in [1.82, 2.24) is 4.90 Å². The maximum absolute atomic E-state index is 13.1. The zero-order valence-electron chi connectivity index (χ0n) is 17.0. The summed E-state index contributed by atoms with van der Waals surface area (Å²) in [5, 5.41) is 9.36. The maximum Gasteiger partial charge on any atom is 0.410 e. The van der Waals surface area contributed by atoms with E-state index in [1.165, 1.54) is 11.1 Å². The van der Waals surface area contributed by atoms with Crippen LogP contribution in [0.2, 0.25) is 0 Å². The molecule has 0 unspecified atom stereocenters. The van der Waals surface area contributed by atoms with Gasteiger partial charge in [0.25, 0.3) is 0 Å². The molecule has 31 heavy (non-hydrogen) atoms. The summed E-state index contributed by atoms with van der Waals surface area (Å²) in [4.78, 5) is 26.1. The summed E-state index contributed by atoms with van der Waals surface area (Å²) >= 11 is 0. The van der Waals surface area contributed by atoms with Gasteiger partial charge in [-0.05, 0) is 39.8 Å². The van der Waals surface area contributed by atoms with E-state index in [9.17, 15) is 14.7 Å². The molecule has 3 aromatic carbocycles. The lowest BCUT2D eigenvalue weighted by molar-refractivity contribution is -0.138. The first-order valence-corrected chi connectivity index (χ1v) is 10.5. The number of aliphatic carboxylic acids is 1. The van der Waals surface area contributed by atoms with Crippen LogP contribution < -0.4 is 0 Å². The molecule has 5 heteroatoms. The Balaban J connectivity index is 1.37. The van der Waals surface area contributed by atoms with Crippen LogP contribution in [0.4, 0.5) is 4.79 Å². The molecule has 0 fully saturated rings. The molecule has 5 nitrogen and oxygen atoms in total. The van der Waals surface area contributed by atoms with Crippen molar-refractivity contribution < 1.29 is 19.4 Å². The summed E-state index contributed by atoms with van der Waals surface area (Å²) in [6.45, 7) is 0.593. The third kappa shape index (κ3) is 3.56. The fraction of sp³-hybridized carbons (Fsp3) is 0.231. The highest BCUT2D eigenvalue weighted by atomic mass is 16.6. The molecule has 0 aromatic heterocycles. The van der Waals surface area contributed by atoms with Gasteiger partial charge in [-0.15, -0.1) is 0 Å². The van der Waals surface area contributed by atoms with Crippen LogP contribution in [0.15, 0.2) is 72.8 Å². The van der Waals surface area contributed by atoms with Crippen LogP contribution in [0, 0.1) is 0 Å². The average Bonchev–Trinajstić information content (AvgIpc) is 3.10. The van der Waals surface area contributed by atoms with E-state index in [0.717, 1.165) is 22.3 Å². The Morgan fingerprint density at radius 3 is 2.10 bits per heavy atom. The van der Waals surface area contributed by atoms with Crippen LogP contribution in [0.25, 0.3) is 11.1 Å². The number of hydrogen-bond donors (Lipinski definition) is 1. The Labute approximate surface area is 180 Å². The number of carbonyl (C=O) groups is 2. The van der Waals surface area contributed by atoms with E-state index in [0.29, 0.717) is 13.0 Å². The zero-order valence-corrected chi connectivity index (χ0v) is 17.0. The monoisotopic (exact) mass is 413 g/mol. The maximum atomic E-state index is 13.1. The molecule has 1 N–H and O–H groups in total. The normalized spacial score (nSPS) is 16.9. The van der Waals surface area contributed by atoms with Gasteiger partial charge >= 0.3 is 12.1 Å². The van der Waals surface area contributed by atoms with Gasteiger partial charge in [0.15, 0.2) is 0 Å². The molecule has 1 heterocycles. The van der Waals surface area contributed by atoms with Crippen LogP contribution in [-0.2, 0) is 22.5 Å². The largest absolute Gasteiger partial charge is 0.481 e. The number of hydrogen-bond acceptors (Lipinski definition) is 3. The second-order valence-electron chi connectivity index (χ2n) is 8.16. The lowest BCUT2D eigenvalue weighted by Gasteiger charge is -2.35. The Bertz CT molecular complexity index is 1110. The molecule has 1 aliphatic carbocycles. The summed E-state index contributed by atoms with van der Waals surface area (Å²) in [5.41, 5.74) is 6.80. The van der Waals surface area contributed by atoms with E-state index >= 15 is 0 Å². The molecule has 0 saturated heterocycles. The summed E-state index contributed by atoms with van der Waals surface area (Å²) in [5.74, 6) is -0.938. The lowest BCUT2D eigenvalue weighted by Crippen LogP contribution is -2.45. The number of fused-ring (bicyclic) bond motifs is 4. The molecule has 0 bridgehead atoms. The number of benzene rings is 3. The van der Waals surface area contributed by atoms with Gasteiger partial charge < -0.3 is 9.84 Å². The second-order valence-corrected chi connectivity index (χ2v) is 8.16. The summed E-state index contributed by atoms with van der Waals surface area (Å²) in [6, 6.07) is 23.9. The molecule has 0 spiro atoms. The van der Waals surface area contributed by atoms with Crippen molar-refractivity contribution in [1.29, 1.82) is 0 Å². The minimum atomic E-state index is -0.916. The highest BCUT2D eigenvalue weighted by molar-refractivity contribution is 5.79. The van der Waals surface area contributed by atoms with Gasteiger partial charge in [-0.2, -0.15) is 0 Å². The van der Waals surface area contributed by atoms with E-state index in [4.69, 9.17) is 4.74 Å². The first-order valence-electron chi connectivity index (χ1n) is 10.5. The number of amides is 1. The smallest absolute Gasteiger partial charge is 0.410 e. The number of carbonyl (C=O) groups excluding carboxylic acids is 1. The summed E-state index contributed by atoms with van der Waals surface area (Å²) < 4.78 is 5.80. The second kappa shape index (κ2) is 7.91. The van der Waals surface area contributed by atoms with Gasteiger partial charge in [0.2, 0.25) is 0 Å². The van der Waals surface area contributed by atoms with Gasteiger partial charge in [0.05, 0.1) is 6.42 Å². The standard InChI is InChI=1S/C26H23NO4/c28-25(29)14-19-13-17-7-1-2-8-18(17)15-27(19)26(30)31-16-24-22-11-5-3-9-20(22)21-10-4-6-12-23(21)24/h1-12,19,24H,13-16H2,(H,28,29)/t19-/m1/s1. The van der Waals surface area contributed by atoms with Gasteiger partial charge in [-0.3, -0.25) is 9.69 Å². The van der Waals surface area contributed by atoms with E-state index in [-0.39, 0.29) is 18.9 Å². The van der Waals surface area contributed by atoms with Crippen LogP contribution in [0.3, 0.4) is 0 Å². The SMILES string of the molecule is O=C(O)C[C@H]1Cc2ccccc2CN1C(=O)OCC1c2ccccc2-c2ccccc21. The zero-order chi connectivity index (χ0) is 21.4. The Kier molecular flexibility index (Phi) is 4.94. The minimum absolute atomic E-state index is 0.0219. The Hall–Kier alpha value is -3.60. The molecule has 2 aliphatic rings. The topological polar surface area (TPSA) is 66.8 Å². The first kappa shape index (κ1) is 19.4. The van der Waals surface area contributed by atoms with Crippen molar-refractivity contribution in [3.05, 3.63) is 95.1 Å². The van der Waals surface area contributed by atoms with Gasteiger partial charge in [0, 0.05) is 18.5 Å². The van der Waals surface area contributed by atoms with Crippen LogP contribution >= 0.6 is 0 Å². The van der Waals surface area contributed by atoms with Crippen LogP contribution in [0.1, 0.15) is 34.6 Å². The summed E-state index contributed by atoms with van der Waals surface area (Å²) in [7, 11) is 0. The average molecular weight is 413 g/mol. The molecular formula is C26H23NO4. The molecule has 5 rings (SSSR count). The molecule has 0 saturated carbocycles. The van der Waals surface area contributed by atoms with Crippen LogP contribution in [0.5, 0.6) is 0 Å². The predicted molar refractivity (Wildman–Crippen MR) is 117 cm³/mol. The quantitative estimate of drug-likeness (QED) is 0.665. The highest BCUT2D eigenvalue weighted by Crippen LogP contribution is 2.44. The van der Waals surface area contributed by atoms with E-state index in [1.54, 1.807) is 4.90 Å². The molecule has 0 radical (unpaired) electrons. The third-order valence-corrected chi connectivity index (χ3v) is 6.34. The third-order valence-electron chi connectivity index (χ3n) is 6.34. The lowest BCUT2D eigenvalue weighted by atomic mass is 9.92. The van der Waals surface area contributed by atoms with E-state index in [1.807, 2.05) is 48.5 Å². The van der Waals surface area contributed by atoms with Gasteiger partial charge in [0.1, 0.15) is 6.61 Å². The number of carboxylic acid groups (broad SMARTS) is 1. The Morgan fingerprint density at radius 2 is 1.45 bits per heavy atom. The first-order chi connectivity index (χ1) is 15.1. The van der Waals surface area contributed by atoms with Gasteiger partial charge in [-0.1, -0.05) is 72.8 Å². The van der Waals surface area contributed by atoms with E-state index < -0.39 is 18.1 Å². The predicted octanol–water partition coefficient (Wildman–Crippen LogP) is 4.84. The van der Waals surface area contributed by atoms with Crippen molar-refractivity contribution in [3.63, 3.8) is 0 Å². The minimum Gasteiger partial charge on any atom is -0.481 e. The summed E-state index contributed by atoms with van der Waals surface area (Å²) in [6.07, 6.45) is -0.0341. The van der Waals surface area contributed by atoms with Crippen LogP contribution in [-0.4, -0.2) is 34.7 Å². The van der Waals surface area contributed by atoms with Crippen molar-refractivity contribution in [2.45, 2.75) is 31.3 Å². The van der Waals surface area contributed by atoms with E-state index in [2.05, 4.69) is 24.3 Å². The number of ether oxygens (including phenoxy) is 1. The molecule has 156 valence electrons. The fourth-order valence-corrected chi connectivity index (χ4v) is 4.86.